The van der Waals surface area contributed by atoms with Crippen LogP contribution in [0.25, 0.3) is 0 Å². The molecule has 0 saturated carbocycles. The van der Waals surface area contributed by atoms with Crippen molar-refractivity contribution in [3.8, 4) is 0 Å². The molecular formula is C4H10K2O5S. The van der Waals surface area contributed by atoms with Crippen LogP contribution in [0.5, 0.6) is 0 Å². The molecule has 0 saturated heterocycles. The zero-order valence-electron chi connectivity index (χ0n) is 7.77. The Morgan fingerprint density at radius 1 is 1.25 bits per heavy atom. The van der Waals surface area contributed by atoms with Crippen LogP contribution < -0.4 is 103 Å². The first-order valence-corrected chi connectivity index (χ1v) is 3.88. The van der Waals surface area contributed by atoms with E-state index in [9.17, 15) is 0 Å². The van der Waals surface area contributed by atoms with Crippen molar-refractivity contribution in [3.63, 3.8) is 0 Å². The van der Waals surface area contributed by atoms with Gasteiger partial charge in [-0.15, -0.1) is 0 Å². The minimum absolute atomic E-state index is 0. The molecule has 0 bridgehead atoms. The largest absolute Gasteiger partial charge is 1.00 e. The van der Waals surface area contributed by atoms with Crippen LogP contribution in [-0.4, -0.2) is 29.2 Å². The van der Waals surface area contributed by atoms with Gasteiger partial charge < -0.3 is 14.2 Å². The molecule has 0 aliphatic rings. The summed E-state index contributed by atoms with van der Waals surface area (Å²) in [5, 5.41) is 8.14. The summed E-state index contributed by atoms with van der Waals surface area (Å²) < 4.78 is 34.1. The van der Waals surface area contributed by atoms with Crippen molar-refractivity contribution < 1.29 is 125 Å². The second kappa shape index (κ2) is 14.1. The van der Waals surface area contributed by atoms with Gasteiger partial charge in [-0.2, -0.15) is 0 Å². The maximum Gasteiger partial charge on any atom is 1.00 e. The Morgan fingerprint density at radius 2 is 1.33 bits per heavy atom. The van der Waals surface area contributed by atoms with Crippen LogP contribution in [0.15, 0.2) is 0 Å². The normalized spacial score (nSPS) is 8.83. The Balaban J connectivity index is -0.0000000457. The summed E-state index contributed by atoms with van der Waals surface area (Å²) in [6.07, 6.45) is 0. The van der Waals surface area contributed by atoms with Gasteiger partial charge in [0, 0.05) is 17.0 Å². The van der Waals surface area contributed by atoms with Crippen LogP contribution >= 0.6 is 0 Å². The van der Waals surface area contributed by atoms with Gasteiger partial charge in [-0.3, -0.25) is 8.42 Å². The van der Waals surface area contributed by atoms with E-state index < -0.39 is 10.4 Å². The van der Waals surface area contributed by atoms with Crippen LogP contribution in [0.2, 0.25) is 0 Å². The van der Waals surface area contributed by atoms with Crippen LogP contribution in [0.4, 0.5) is 0 Å². The molecule has 0 radical (unpaired) electrons. The minimum Gasteiger partial charge on any atom is -0.759 e. The third kappa shape index (κ3) is 73.7. The molecule has 0 fully saturated rings. The standard InChI is InChI=1S/C4H10O.2K.H2O4S/c1-4(2)3-5;;;1-5(2,3)4/h4-5H,3H2,1-2H3;;;(H2,1,2,3,4)/q;2*+1;/p-2. The molecule has 0 aromatic heterocycles. The smallest absolute Gasteiger partial charge is 0.759 e. The fraction of sp³-hybridized carbons (Fsp3) is 1.00. The van der Waals surface area contributed by atoms with Gasteiger partial charge in [0.05, 0.1) is 0 Å². The van der Waals surface area contributed by atoms with Gasteiger partial charge in [-0.25, -0.2) is 0 Å². The van der Waals surface area contributed by atoms with Gasteiger partial charge in [0.25, 0.3) is 0 Å². The monoisotopic (exact) mass is 248 g/mol. The van der Waals surface area contributed by atoms with E-state index in [2.05, 4.69) is 0 Å². The van der Waals surface area contributed by atoms with Crippen molar-refractivity contribution in [2.45, 2.75) is 13.8 Å². The summed E-state index contributed by atoms with van der Waals surface area (Å²) >= 11 is 0. The van der Waals surface area contributed by atoms with Gasteiger partial charge in [0.1, 0.15) is 0 Å². The van der Waals surface area contributed by atoms with E-state index in [0.717, 1.165) is 0 Å². The molecule has 0 aromatic rings. The second-order valence-corrected chi connectivity index (χ2v) is 2.80. The number of rotatable bonds is 1. The van der Waals surface area contributed by atoms with Crippen molar-refractivity contribution in [2.75, 3.05) is 6.61 Å². The van der Waals surface area contributed by atoms with Crippen molar-refractivity contribution in [2.24, 2.45) is 5.92 Å². The van der Waals surface area contributed by atoms with Crippen molar-refractivity contribution in [1.82, 2.24) is 0 Å². The molecule has 0 unspecified atom stereocenters. The summed E-state index contributed by atoms with van der Waals surface area (Å²) in [6.45, 7) is 4.25. The Labute approximate surface area is 158 Å². The molecule has 12 heavy (non-hydrogen) atoms. The summed E-state index contributed by atoms with van der Waals surface area (Å²) in [7, 11) is -5.17. The van der Waals surface area contributed by atoms with E-state index in [1.807, 2.05) is 13.8 Å². The van der Waals surface area contributed by atoms with Gasteiger partial charge >= 0.3 is 103 Å². The third-order valence-electron chi connectivity index (χ3n) is 0.365. The van der Waals surface area contributed by atoms with Crippen LogP contribution in [0, 0.1) is 5.92 Å². The first kappa shape index (κ1) is 24.4. The molecule has 0 aliphatic heterocycles. The first-order chi connectivity index (χ1) is 4.27. The maximum atomic E-state index is 8.52. The molecule has 8 heteroatoms. The fourth-order valence-corrected chi connectivity index (χ4v) is 0. The second-order valence-electron chi connectivity index (χ2n) is 1.98. The summed E-state index contributed by atoms with van der Waals surface area (Å²) in [4.78, 5) is 0. The molecule has 0 aromatic carbocycles. The average molecular weight is 248 g/mol. The van der Waals surface area contributed by atoms with E-state index in [1.165, 1.54) is 0 Å². The molecule has 64 valence electrons. The quantitative estimate of drug-likeness (QED) is 0.282. The summed E-state index contributed by atoms with van der Waals surface area (Å²) in [5.41, 5.74) is 0. The van der Waals surface area contributed by atoms with Crippen LogP contribution in [0.1, 0.15) is 13.8 Å². The number of hydrogen-bond donors (Lipinski definition) is 1. The predicted octanol–water partition coefficient (Wildman–Crippen LogP) is -6.70. The molecule has 0 rings (SSSR count). The van der Waals surface area contributed by atoms with Gasteiger partial charge in [-0.1, -0.05) is 13.8 Å². The Morgan fingerprint density at radius 3 is 1.33 bits per heavy atom. The molecule has 0 spiro atoms. The average Bonchev–Trinajstić information content (AvgIpc) is 1.61. The van der Waals surface area contributed by atoms with Gasteiger partial charge in [-0.05, 0) is 5.92 Å². The number of aliphatic hydroxyl groups excluding tert-OH is 1. The van der Waals surface area contributed by atoms with Crippen molar-refractivity contribution in [1.29, 1.82) is 0 Å². The van der Waals surface area contributed by atoms with Crippen LogP contribution in [-0.2, 0) is 10.4 Å². The third-order valence-corrected chi connectivity index (χ3v) is 0.365. The Kier molecular flexibility index (Phi) is 28.6. The predicted molar refractivity (Wildman–Crippen MR) is 32.4 cm³/mol. The van der Waals surface area contributed by atoms with Crippen LogP contribution in [0.3, 0.4) is 0 Å². The van der Waals surface area contributed by atoms with E-state index >= 15 is 0 Å². The molecule has 0 aliphatic carbocycles. The van der Waals surface area contributed by atoms with Gasteiger partial charge in [0.2, 0.25) is 0 Å². The van der Waals surface area contributed by atoms with Crippen molar-refractivity contribution >= 4 is 10.4 Å². The number of hydrogen-bond acceptors (Lipinski definition) is 5. The van der Waals surface area contributed by atoms with E-state index in [-0.39, 0.29) is 103 Å². The maximum absolute atomic E-state index is 8.52. The van der Waals surface area contributed by atoms with E-state index in [1.54, 1.807) is 0 Å². The Bertz CT molecular complexity index is 147. The Hall–Kier alpha value is 3.10. The van der Waals surface area contributed by atoms with E-state index in [4.69, 9.17) is 22.6 Å². The molecule has 0 atom stereocenters. The molecule has 1 N–H and O–H groups in total. The minimum atomic E-state index is -5.17. The zero-order chi connectivity index (χ0) is 8.78. The molecule has 0 amide bonds. The number of aliphatic hydroxyl groups is 1. The van der Waals surface area contributed by atoms with E-state index in [0.29, 0.717) is 12.5 Å². The first-order valence-electron chi connectivity index (χ1n) is 2.55. The fourth-order valence-electron chi connectivity index (χ4n) is 0. The van der Waals surface area contributed by atoms with Crippen molar-refractivity contribution in [3.05, 3.63) is 0 Å². The van der Waals surface area contributed by atoms with Gasteiger partial charge in [0.15, 0.2) is 0 Å². The topological polar surface area (TPSA) is 100 Å². The molecular weight excluding hydrogens is 238 g/mol. The zero-order valence-corrected chi connectivity index (χ0v) is 14.8. The summed E-state index contributed by atoms with van der Waals surface area (Å²) in [5.74, 6) is 0.440. The molecule has 0 heterocycles. The summed E-state index contributed by atoms with van der Waals surface area (Å²) in [6, 6.07) is 0. The SMILES string of the molecule is CC(C)CO.O=S(=O)([O-])[O-].[K+].[K+]. The molecule has 5 nitrogen and oxygen atoms in total.